The third kappa shape index (κ3) is 4.91. The van der Waals surface area contributed by atoms with Gasteiger partial charge in [0.2, 0.25) is 5.89 Å². The van der Waals surface area contributed by atoms with E-state index < -0.39 is 23.4 Å². The van der Waals surface area contributed by atoms with E-state index in [1.807, 2.05) is 0 Å². The maximum Gasteiger partial charge on any atom is 0.255 e. The number of carbonyl (C=O) groups is 2. The fourth-order valence-electron chi connectivity index (χ4n) is 3.49. The highest BCUT2D eigenvalue weighted by Crippen LogP contribution is 2.27. The van der Waals surface area contributed by atoms with Gasteiger partial charge in [0.25, 0.3) is 11.8 Å². The Labute approximate surface area is 198 Å². The van der Waals surface area contributed by atoms with Gasteiger partial charge in [-0.05, 0) is 78.9 Å². The quantitative estimate of drug-likeness (QED) is 0.317. The summed E-state index contributed by atoms with van der Waals surface area (Å²) >= 11 is 0. The monoisotopic (exact) mass is 469 g/mol. The Morgan fingerprint density at radius 3 is 1.86 bits per heavy atom. The smallest absolute Gasteiger partial charge is 0.255 e. The molecule has 1 aromatic heterocycles. The lowest BCUT2D eigenvalue weighted by atomic mass is 10.1. The largest absolute Gasteiger partial charge is 0.436 e. The Morgan fingerprint density at radius 1 is 0.686 bits per heavy atom. The summed E-state index contributed by atoms with van der Waals surface area (Å²) in [7, 11) is 0. The van der Waals surface area contributed by atoms with Crippen LogP contribution < -0.4 is 10.6 Å². The van der Waals surface area contributed by atoms with Crippen LogP contribution in [0, 0.1) is 11.6 Å². The minimum Gasteiger partial charge on any atom is -0.436 e. The third-order valence-electron chi connectivity index (χ3n) is 5.21. The highest BCUT2D eigenvalue weighted by molar-refractivity contribution is 6.05. The van der Waals surface area contributed by atoms with Crippen LogP contribution in [0.2, 0.25) is 0 Å². The molecule has 0 saturated carbocycles. The lowest BCUT2D eigenvalue weighted by molar-refractivity contribution is 0.101. The molecule has 0 aliphatic carbocycles. The zero-order valence-electron chi connectivity index (χ0n) is 18.1. The van der Waals surface area contributed by atoms with E-state index in [2.05, 4.69) is 15.6 Å². The van der Waals surface area contributed by atoms with Crippen LogP contribution in [-0.4, -0.2) is 16.8 Å². The van der Waals surface area contributed by atoms with Crippen LogP contribution in [-0.2, 0) is 0 Å². The molecule has 0 radical (unpaired) electrons. The topological polar surface area (TPSA) is 84.2 Å². The van der Waals surface area contributed by atoms with Crippen molar-refractivity contribution in [3.05, 3.63) is 114 Å². The first-order chi connectivity index (χ1) is 16.9. The van der Waals surface area contributed by atoms with Crippen molar-refractivity contribution in [3.63, 3.8) is 0 Å². The first kappa shape index (κ1) is 22.0. The second kappa shape index (κ2) is 9.18. The minimum absolute atomic E-state index is 0.204. The molecule has 1 heterocycles. The van der Waals surface area contributed by atoms with Crippen LogP contribution in [0.5, 0.6) is 0 Å². The van der Waals surface area contributed by atoms with Crippen molar-refractivity contribution in [2.75, 3.05) is 10.6 Å². The first-order valence-corrected chi connectivity index (χ1v) is 10.6. The van der Waals surface area contributed by atoms with Gasteiger partial charge in [-0.1, -0.05) is 12.1 Å². The molecule has 2 amide bonds. The van der Waals surface area contributed by atoms with Crippen LogP contribution in [0.15, 0.2) is 95.4 Å². The van der Waals surface area contributed by atoms with Crippen LogP contribution in [0.3, 0.4) is 0 Å². The second-order valence-corrected chi connectivity index (χ2v) is 7.71. The molecule has 8 heteroatoms. The number of hydrogen-bond acceptors (Lipinski definition) is 4. The van der Waals surface area contributed by atoms with Gasteiger partial charge < -0.3 is 15.1 Å². The number of rotatable bonds is 5. The number of benzene rings is 4. The molecule has 35 heavy (non-hydrogen) atoms. The number of hydrogen-bond donors (Lipinski definition) is 2. The fourth-order valence-corrected chi connectivity index (χ4v) is 3.49. The SMILES string of the molecule is O=C(Nc1ccc(-c2nc3cc(NC(=O)c4cccc(F)c4)ccc3o2)cc1)c1cccc(F)c1. The van der Waals surface area contributed by atoms with Crippen LogP contribution >= 0.6 is 0 Å². The summed E-state index contributed by atoms with van der Waals surface area (Å²) in [5.74, 6) is -1.48. The standard InChI is InChI=1S/C27H17F2N3O3/c28-19-5-1-3-17(13-19)25(33)30-21-9-7-16(8-10-21)27-32-23-15-22(11-12-24(23)35-27)31-26(34)18-4-2-6-20(29)14-18/h1-15H,(H,30,33)(H,31,34). The lowest BCUT2D eigenvalue weighted by Gasteiger charge is -2.06. The predicted molar refractivity (Wildman–Crippen MR) is 128 cm³/mol. The molecular formula is C27H17F2N3O3. The molecule has 0 aliphatic rings. The number of nitrogens with one attached hydrogen (secondary N) is 2. The van der Waals surface area contributed by atoms with Gasteiger partial charge in [-0.25, -0.2) is 13.8 Å². The Bertz CT molecular complexity index is 1560. The molecule has 5 aromatic rings. The molecule has 2 N–H and O–H groups in total. The number of amides is 2. The predicted octanol–water partition coefficient (Wildman–Crippen LogP) is 6.28. The molecule has 0 unspecified atom stereocenters. The van der Waals surface area contributed by atoms with E-state index in [9.17, 15) is 18.4 Å². The highest BCUT2D eigenvalue weighted by atomic mass is 19.1. The molecular weight excluding hydrogens is 452 g/mol. The van der Waals surface area contributed by atoms with Crippen LogP contribution in [0.1, 0.15) is 20.7 Å². The van der Waals surface area contributed by atoms with E-state index in [4.69, 9.17) is 4.42 Å². The molecule has 0 fully saturated rings. The van der Waals surface area contributed by atoms with Gasteiger partial charge in [-0.2, -0.15) is 0 Å². The number of oxazole rings is 1. The van der Waals surface area contributed by atoms with Crippen molar-refractivity contribution >= 4 is 34.3 Å². The average Bonchev–Trinajstić information content (AvgIpc) is 3.28. The Hall–Kier alpha value is -4.85. The Balaban J connectivity index is 1.31. The Kier molecular flexibility index (Phi) is 5.76. The van der Waals surface area contributed by atoms with E-state index in [1.165, 1.54) is 36.4 Å². The zero-order chi connectivity index (χ0) is 24.4. The van der Waals surface area contributed by atoms with E-state index in [1.54, 1.807) is 42.5 Å². The van der Waals surface area contributed by atoms with Crippen LogP contribution in [0.4, 0.5) is 20.2 Å². The number of anilines is 2. The summed E-state index contributed by atoms with van der Waals surface area (Å²) in [4.78, 5) is 29.2. The normalized spacial score (nSPS) is 10.8. The number of carbonyl (C=O) groups excluding carboxylic acids is 2. The molecule has 0 bridgehead atoms. The number of halogens is 2. The summed E-state index contributed by atoms with van der Waals surface area (Å²) in [6.07, 6.45) is 0. The molecule has 6 nitrogen and oxygen atoms in total. The van der Waals surface area contributed by atoms with Crippen molar-refractivity contribution in [2.45, 2.75) is 0 Å². The molecule has 0 saturated heterocycles. The van der Waals surface area contributed by atoms with E-state index in [0.717, 1.165) is 12.1 Å². The van der Waals surface area contributed by atoms with Crippen LogP contribution in [0.25, 0.3) is 22.6 Å². The maximum absolute atomic E-state index is 13.4. The maximum atomic E-state index is 13.4. The minimum atomic E-state index is -0.492. The van der Waals surface area contributed by atoms with E-state index in [-0.39, 0.29) is 11.1 Å². The lowest BCUT2D eigenvalue weighted by Crippen LogP contribution is -2.11. The average molecular weight is 469 g/mol. The van der Waals surface area contributed by atoms with Gasteiger partial charge in [0.05, 0.1) is 0 Å². The molecule has 0 aliphatic heterocycles. The molecule has 0 atom stereocenters. The molecule has 0 spiro atoms. The summed E-state index contributed by atoms with van der Waals surface area (Å²) < 4.78 is 32.5. The molecule has 4 aromatic carbocycles. The number of aromatic nitrogens is 1. The van der Waals surface area contributed by atoms with E-state index in [0.29, 0.717) is 33.9 Å². The van der Waals surface area contributed by atoms with Crippen molar-refractivity contribution in [1.29, 1.82) is 0 Å². The van der Waals surface area contributed by atoms with Gasteiger partial charge >= 0.3 is 0 Å². The Morgan fingerprint density at radius 2 is 1.26 bits per heavy atom. The summed E-state index contributed by atoms with van der Waals surface area (Å²) in [5, 5.41) is 5.43. The molecule has 5 rings (SSSR count). The number of nitrogens with zero attached hydrogens (tertiary/aromatic N) is 1. The van der Waals surface area contributed by atoms with Crippen molar-refractivity contribution < 1.29 is 22.8 Å². The summed E-state index contributed by atoms with van der Waals surface area (Å²) in [5.41, 5.74) is 3.16. The first-order valence-electron chi connectivity index (χ1n) is 10.6. The van der Waals surface area contributed by atoms with E-state index >= 15 is 0 Å². The third-order valence-corrected chi connectivity index (χ3v) is 5.21. The summed E-state index contributed by atoms with van der Waals surface area (Å²) in [6, 6.07) is 22.7. The van der Waals surface area contributed by atoms with Crippen molar-refractivity contribution in [3.8, 4) is 11.5 Å². The number of fused-ring (bicyclic) bond motifs is 1. The second-order valence-electron chi connectivity index (χ2n) is 7.71. The van der Waals surface area contributed by atoms with Crippen molar-refractivity contribution in [2.24, 2.45) is 0 Å². The van der Waals surface area contributed by atoms with Gasteiger partial charge in [0, 0.05) is 28.1 Å². The molecule has 172 valence electrons. The van der Waals surface area contributed by atoms with Gasteiger partial charge in [-0.15, -0.1) is 0 Å². The van der Waals surface area contributed by atoms with Gasteiger partial charge in [0.1, 0.15) is 17.2 Å². The zero-order valence-corrected chi connectivity index (χ0v) is 18.1. The fraction of sp³-hybridized carbons (Fsp3) is 0. The van der Waals surface area contributed by atoms with Crippen molar-refractivity contribution in [1.82, 2.24) is 4.98 Å². The highest BCUT2D eigenvalue weighted by Gasteiger charge is 2.12. The van der Waals surface area contributed by atoms with Gasteiger partial charge in [-0.3, -0.25) is 9.59 Å². The van der Waals surface area contributed by atoms with Gasteiger partial charge in [0.15, 0.2) is 5.58 Å². The summed E-state index contributed by atoms with van der Waals surface area (Å²) in [6.45, 7) is 0.